The van der Waals surface area contributed by atoms with Crippen molar-refractivity contribution in [2.45, 2.75) is 0 Å². The third-order valence-electron chi connectivity index (χ3n) is 1.58. The largest absolute Gasteiger partial charge is 0.399 e. The van der Waals surface area contributed by atoms with E-state index in [9.17, 15) is 0 Å². The van der Waals surface area contributed by atoms with E-state index in [1.54, 1.807) is 0 Å². The lowest BCUT2D eigenvalue weighted by Gasteiger charge is -1.91. The standard InChI is InChI=1S/C8H8NP/c9-7-1-2-8-6(5-7)3-4-10-8/h1-5,10H,9H2. The van der Waals surface area contributed by atoms with Gasteiger partial charge in [0, 0.05) is 5.69 Å². The van der Waals surface area contributed by atoms with E-state index in [1.807, 2.05) is 12.1 Å². The monoisotopic (exact) mass is 149 g/mol. The predicted molar refractivity (Wildman–Crippen MR) is 47.9 cm³/mol. The van der Waals surface area contributed by atoms with Gasteiger partial charge in [-0.2, -0.15) is 0 Å². The average molecular weight is 149 g/mol. The summed E-state index contributed by atoms with van der Waals surface area (Å²) in [7, 11) is 0.840. The summed E-state index contributed by atoms with van der Waals surface area (Å²) in [4.78, 5) is 0. The van der Waals surface area contributed by atoms with Crippen LogP contribution >= 0.6 is 8.19 Å². The molecule has 0 aliphatic rings. The van der Waals surface area contributed by atoms with Gasteiger partial charge in [-0.25, -0.2) is 0 Å². The van der Waals surface area contributed by atoms with Crippen LogP contribution in [0.25, 0.3) is 10.5 Å². The Bertz CT molecular complexity index is 351. The van der Waals surface area contributed by atoms with E-state index in [-0.39, 0.29) is 0 Å². The Balaban J connectivity index is 2.86. The first kappa shape index (κ1) is 5.82. The highest BCUT2D eigenvalue weighted by atomic mass is 31.0. The van der Waals surface area contributed by atoms with Crippen molar-refractivity contribution in [1.29, 1.82) is 0 Å². The molecule has 50 valence electrons. The summed E-state index contributed by atoms with van der Waals surface area (Å²) in [5.41, 5.74) is 6.46. The summed E-state index contributed by atoms with van der Waals surface area (Å²) in [6, 6.07) is 8.21. The molecule has 2 rings (SSSR count). The molecular weight excluding hydrogens is 141 g/mol. The van der Waals surface area contributed by atoms with Gasteiger partial charge in [-0.3, -0.25) is 0 Å². The number of hydrogen-bond acceptors (Lipinski definition) is 1. The third kappa shape index (κ3) is 0.795. The number of anilines is 1. The fourth-order valence-electron chi connectivity index (χ4n) is 1.07. The number of fused-ring (bicyclic) bond motifs is 1. The zero-order valence-corrected chi connectivity index (χ0v) is 6.46. The van der Waals surface area contributed by atoms with E-state index in [0.717, 1.165) is 13.9 Å². The maximum Gasteiger partial charge on any atom is 0.0320 e. The normalized spacial score (nSPS) is 11.2. The molecule has 0 saturated carbocycles. The van der Waals surface area contributed by atoms with Crippen LogP contribution in [0.4, 0.5) is 5.69 Å². The van der Waals surface area contributed by atoms with Crippen LogP contribution in [0.5, 0.6) is 0 Å². The van der Waals surface area contributed by atoms with Crippen LogP contribution < -0.4 is 5.73 Å². The predicted octanol–water partition coefficient (Wildman–Crippen LogP) is 2.45. The molecule has 0 radical (unpaired) electrons. The Hall–Kier alpha value is -0.940. The first-order valence-corrected chi connectivity index (χ1v) is 4.26. The first-order valence-electron chi connectivity index (χ1n) is 3.19. The SMILES string of the molecule is Nc1ccc2[pH]ccc2c1. The van der Waals surface area contributed by atoms with Crippen LogP contribution in [0.1, 0.15) is 0 Å². The maximum atomic E-state index is 5.60. The van der Waals surface area contributed by atoms with Crippen LogP contribution in [-0.2, 0) is 0 Å². The van der Waals surface area contributed by atoms with E-state index >= 15 is 0 Å². The molecule has 0 aliphatic carbocycles. The number of nitrogen functional groups attached to an aromatic ring is 1. The highest BCUT2D eigenvalue weighted by Crippen LogP contribution is 2.25. The molecule has 2 heteroatoms. The van der Waals surface area contributed by atoms with Gasteiger partial charge in [-0.05, 0) is 34.5 Å². The molecule has 0 amide bonds. The summed E-state index contributed by atoms with van der Waals surface area (Å²) in [6.45, 7) is 0. The lowest BCUT2D eigenvalue weighted by Crippen LogP contribution is -1.80. The van der Waals surface area contributed by atoms with Gasteiger partial charge in [-0.15, -0.1) is 8.19 Å². The minimum Gasteiger partial charge on any atom is -0.399 e. The lowest BCUT2D eigenvalue weighted by molar-refractivity contribution is 1.79. The highest BCUT2D eigenvalue weighted by molar-refractivity contribution is 7.36. The summed E-state index contributed by atoms with van der Waals surface area (Å²) in [5, 5.41) is 2.70. The van der Waals surface area contributed by atoms with Crippen LogP contribution in [0.15, 0.2) is 30.1 Å². The molecule has 0 saturated heterocycles. The molecule has 0 aliphatic heterocycles. The Labute approximate surface area is 60.9 Å². The molecule has 1 nitrogen and oxygen atoms in total. The van der Waals surface area contributed by atoms with Crippen molar-refractivity contribution >= 4 is 24.4 Å². The molecule has 2 N–H and O–H groups in total. The quantitative estimate of drug-likeness (QED) is 0.572. The summed E-state index contributed by atoms with van der Waals surface area (Å²) < 4.78 is 0. The minimum absolute atomic E-state index is 0.840. The molecule has 2 aromatic rings. The molecule has 1 aromatic carbocycles. The number of benzene rings is 1. The number of hydrogen-bond donors (Lipinski definition) is 1. The van der Waals surface area contributed by atoms with Gasteiger partial charge >= 0.3 is 0 Å². The molecular formula is C8H8NP. The zero-order valence-electron chi connectivity index (χ0n) is 5.46. The smallest absolute Gasteiger partial charge is 0.0320 e. The van der Waals surface area contributed by atoms with E-state index in [4.69, 9.17) is 5.73 Å². The van der Waals surface area contributed by atoms with Crippen molar-refractivity contribution in [3.05, 3.63) is 30.1 Å². The van der Waals surface area contributed by atoms with Crippen LogP contribution in [0.2, 0.25) is 0 Å². The Kier molecular flexibility index (Phi) is 1.18. The molecule has 1 heterocycles. The molecule has 0 fully saturated rings. The van der Waals surface area contributed by atoms with Gasteiger partial charge in [0.15, 0.2) is 0 Å². The molecule has 1 unspecified atom stereocenters. The Morgan fingerprint density at radius 1 is 1.20 bits per heavy atom. The van der Waals surface area contributed by atoms with Crippen LogP contribution in [-0.4, -0.2) is 0 Å². The van der Waals surface area contributed by atoms with Gasteiger partial charge < -0.3 is 5.73 Å². The molecule has 1 atom stereocenters. The fourth-order valence-corrected chi connectivity index (χ4v) is 2.02. The maximum absolute atomic E-state index is 5.60. The van der Waals surface area contributed by atoms with E-state index in [1.165, 1.54) is 10.5 Å². The average Bonchev–Trinajstić information content (AvgIpc) is 2.33. The van der Waals surface area contributed by atoms with Crippen molar-refractivity contribution in [3.63, 3.8) is 0 Å². The Morgan fingerprint density at radius 3 is 3.00 bits per heavy atom. The second-order valence-electron chi connectivity index (χ2n) is 2.32. The second-order valence-corrected chi connectivity index (χ2v) is 3.49. The summed E-state index contributed by atoms with van der Waals surface area (Å²) >= 11 is 0. The molecule has 1 aromatic heterocycles. The molecule has 0 spiro atoms. The van der Waals surface area contributed by atoms with Gasteiger partial charge in [0.05, 0.1) is 0 Å². The zero-order chi connectivity index (χ0) is 6.97. The van der Waals surface area contributed by atoms with Gasteiger partial charge in [-0.1, -0.05) is 6.07 Å². The summed E-state index contributed by atoms with van der Waals surface area (Å²) in [5.74, 6) is 2.18. The van der Waals surface area contributed by atoms with Gasteiger partial charge in [0.2, 0.25) is 0 Å². The van der Waals surface area contributed by atoms with Crippen molar-refractivity contribution < 1.29 is 0 Å². The first-order chi connectivity index (χ1) is 4.86. The van der Waals surface area contributed by atoms with Crippen molar-refractivity contribution in [2.24, 2.45) is 0 Å². The van der Waals surface area contributed by atoms with Gasteiger partial charge in [0.25, 0.3) is 0 Å². The van der Waals surface area contributed by atoms with Crippen LogP contribution in [0, 0.1) is 0 Å². The molecule has 0 bridgehead atoms. The highest BCUT2D eigenvalue weighted by Gasteiger charge is 1.91. The molecule has 10 heavy (non-hydrogen) atoms. The second kappa shape index (κ2) is 2.03. The Morgan fingerprint density at radius 2 is 2.10 bits per heavy atom. The number of rotatable bonds is 0. The van der Waals surface area contributed by atoms with Gasteiger partial charge in [0.1, 0.15) is 0 Å². The lowest BCUT2D eigenvalue weighted by atomic mass is 10.2. The number of nitrogens with two attached hydrogens (primary N) is 1. The van der Waals surface area contributed by atoms with Crippen molar-refractivity contribution in [1.82, 2.24) is 0 Å². The van der Waals surface area contributed by atoms with E-state index in [2.05, 4.69) is 17.9 Å². The van der Waals surface area contributed by atoms with Crippen molar-refractivity contribution in [3.8, 4) is 0 Å². The van der Waals surface area contributed by atoms with E-state index < -0.39 is 0 Å². The fraction of sp³-hybridized carbons (Fsp3) is 0. The third-order valence-corrected chi connectivity index (χ3v) is 2.68. The van der Waals surface area contributed by atoms with E-state index in [0.29, 0.717) is 0 Å². The summed E-state index contributed by atoms with van der Waals surface area (Å²) in [6.07, 6.45) is 0. The van der Waals surface area contributed by atoms with Crippen molar-refractivity contribution in [2.75, 3.05) is 5.73 Å². The topological polar surface area (TPSA) is 26.0 Å². The minimum atomic E-state index is 0.840. The van der Waals surface area contributed by atoms with Crippen LogP contribution in [0.3, 0.4) is 0 Å².